The van der Waals surface area contributed by atoms with Crippen molar-refractivity contribution in [1.82, 2.24) is 5.32 Å². The van der Waals surface area contributed by atoms with Crippen LogP contribution >= 0.6 is 0 Å². The minimum absolute atomic E-state index is 0.0771. The summed E-state index contributed by atoms with van der Waals surface area (Å²) in [4.78, 5) is 47.9. The van der Waals surface area contributed by atoms with Crippen molar-refractivity contribution in [2.45, 2.75) is 63.8 Å². The minimum atomic E-state index is -1.07. The Balaban J connectivity index is 1.85. The number of hydrogen-bond acceptors (Lipinski definition) is 6. The van der Waals surface area contributed by atoms with Crippen LogP contribution in [0.3, 0.4) is 0 Å². The van der Waals surface area contributed by atoms with Gasteiger partial charge in [0.1, 0.15) is 11.8 Å². The second-order valence-electron chi connectivity index (χ2n) is 8.07. The number of aliphatic carboxylic acids is 1. The molecule has 8 heteroatoms. The fourth-order valence-electron chi connectivity index (χ4n) is 3.38. The SMILES string of the molecule is O=C(O)CCCCCCCCC(=O)OC(=O)C(Cc1ccc(O)cc1)NC(=O)c1ccccc1. The smallest absolute Gasteiger partial charge is 0.336 e. The molecule has 0 fully saturated rings. The van der Waals surface area contributed by atoms with E-state index in [-0.39, 0.29) is 25.0 Å². The molecule has 2 rings (SSSR count). The molecule has 0 aliphatic carbocycles. The van der Waals surface area contributed by atoms with Crippen LogP contribution in [0, 0.1) is 0 Å². The van der Waals surface area contributed by atoms with Gasteiger partial charge in [-0.25, -0.2) is 4.79 Å². The summed E-state index contributed by atoms with van der Waals surface area (Å²) in [5.74, 6) is -2.67. The number of esters is 2. The van der Waals surface area contributed by atoms with E-state index in [0.29, 0.717) is 24.0 Å². The van der Waals surface area contributed by atoms with Crippen LogP contribution in [0.5, 0.6) is 5.75 Å². The van der Waals surface area contributed by atoms with Gasteiger partial charge in [-0.15, -0.1) is 0 Å². The molecular formula is C26H31NO7. The molecule has 2 aromatic carbocycles. The van der Waals surface area contributed by atoms with Gasteiger partial charge in [-0.2, -0.15) is 0 Å². The number of unbranched alkanes of at least 4 members (excludes halogenated alkanes) is 5. The van der Waals surface area contributed by atoms with Gasteiger partial charge in [0.25, 0.3) is 5.91 Å². The van der Waals surface area contributed by atoms with Crippen molar-refractivity contribution in [3.05, 3.63) is 65.7 Å². The van der Waals surface area contributed by atoms with Crippen LogP contribution in [0.1, 0.15) is 67.3 Å². The quantitative estimate of drug-likeness (QED) is 0.216. The lowest BCUT2D eigenvalue weighted by molar-refractivity contribution is -0.161. The lowest BCUT2D eigenvalue weighted by Crippen LogP contribution is -2.44. The second-order valence-corrected chi connectivity index (χ2v) is 8.07. The molecular weight excluding hydrogens is 438 g/mol. The average Bonchev–Trinajstić information content (AvgIpc) is 2.82. The molecule has 0 saturated carbocycles. The topological polar surface area (TPSA) is 130 Å². The zero-order chi connectivity index (χ0) is 24.8. The second kappa shape index (κ2) is 14.5. The molecule has 0 radical (unpaired) electrons. The van der Waals surface area contributed by atoms with E-state index >= 15 is 0 Å². The van der Waals surface area contributed by atoms with Crippen molar-refractivity contribution in [1.29, 1.82) is 0 Å². The largest absolute Gasteiger partial charge is 0.508 e. The summed E-state index contributed by atoms with van der Waals surface area (Å²) in [6.45, 7) is 0. The number of carboxylic acids is 1. The van der Waals surface area contributed by atoms with E-state index < -0.39 is 29.9 Å². The van der Waals surface area contributed by atoms with Crippen molar-refractivity contribution < 1.29 is 34.1 Å². The van der Waals surface area contributed by atoms with Gasteiger partial charge < -0.3 is 20.3 Å². The Kier molecular flexibility index (Phi) is 11.3. The molecule has 0 aliphatic heterocycles. The fraction of sp³-hybridized carbons (Fsp3) is 0.385. The molecule has 34 heavy (non-hydrogen) atoms. The van der Waals surface area contributed by atoms with E-state index in [4.69, 9.17) is 9.84 Å². The Morgan fingerprint density at radius 1 is 0.794 bits per heavy atom. The summed E-state index contributed by atoms with van der Waals surface area (Å²) in [6.07, 6.45) is 4.92. The number of nitrogens with one attached hydrogen (secondary N) is 1. The van der Waals surface area contributed by atoms with Crippen molar-refractivity contribution >= 4 is 23.8 Å². The highest BCUT2D eigenvalue weighted by atomic mass is 16.6. The van der Waals surface area contributed by atoms with Gasteiger partial charge in [0, 0.05) is 24.8 Å². The van der Waals surface area contributed by atoms with Crippen molar-refractivity contribution in [3.63, 3.8) is 0 Å². The van der Waals surface area contributed by atoms with Gasteiger partial charge in [-0.1, -0.05) is 56.0 Å². The maximum absolute atomic E-state index is 12.7. The summed E-state index contributed by atoms with van der Waals surface area (Å²) >= 11 is 0. The summed E-state index contributed by atoms with van der Waals surface area (Å²) in [5, 5.41) is 20.7. The molecule has 0 spiro atoms. The summed E-state index contributed by atoms with van der Waals surface area (Å²) in [5.41, 5.74) is 1.06. The first kappa shape index (κ1) is 26.6. The number of carbonyl (C=O) groups is 4. The zero-order valence-electron chi connectivity index (χ0n) is 19.1. The number of carbonyl (C=O) groups excluding carboxylic acids is 3. The number of carboxylic acid groups (broad SMARTS) is 1. The van der Waals surface area contributed by atoms with E-state index in [2.05, 4.69) is 5.32 Å². The highest BCUT2D eigenvalue weighted by Crippen LogP contribution is 2.13. The third-order valence-electron chi connectivity index (χ3n) is 5.24. The Labute approximate surface area is 198 Å². The molecule has 1 amide bonds. The van der Waals surface area contributed by atoms with E-state index in [1.807, 2.05) is 0 Å². The normalized spacial score (nSPS) is 11.4. The lowest BCUT2D eigenvalue weighted by atomic mass is 10.0. The minimum Gasteiger partial charge on any atom is -0.508 e. The maximum Gasteiger partial charge on any atom is 0.336 e. The van der Waals surface area contributed by atoms with Crippen molar-refractivity contribution in [2.24, 2.45) is 0 Å². The van der Waals surface area contributed by atoms with Crippen LogP contribution in [-0.4, -0.2) is 40.1 Å². The lowest BCUT2D eigenvalue weighted by Gasteiger charge is -2.17. The predicted molar refractivity (Wildman–Crippen MR) is 125 cm³/mol. The fourth-order valence-corrected chi connectivity index (χ4v) is 3.38. The van der Waals surface area contributed by atoms with Crippen LogP contribution in [0.25, 0.3) is 0 Å². The number of benzene rings is 2. The van der Waals surface area contributed by atoms with Crippen LogP contribution in [0.2, 0.25) is 0 Å². The van der Waals surface area contributed by atoms with Gasteiger partial charge in [0.15, 0.2) is 0 Å². The van der Waals surface area contributed by atoms with Crippen LogP contribution < -0.4 is 5.32 Å². The molecule has 3 N–H and O–H groups in total. The molecule has 182 valence electrons. The third-order valence-corrected chi connectivity index (χ3v) is 5.24. The number of phenols is 1. The highest BCUT2D eigenvalue weighted by Gasteiger charge is 2.25. The number of ether oxygens (including phenoxy) is 1. The van der Waals surface area contributed by atoms with Crippen LogP contribution in [0.15, 0.2) is 54.6 Å². The molecule has 0 aliphatic rings. The van der Waals surface area contributed by atoms with Gasteiger partial charge in [-0.3, -0.25) is 14.4 Å². The average molecular weight is 470 g/mol. The van der Waals surface area contributed by atoms with Gasteiger partial charge in [0.2, 0.25) is 0 Å². The molecule has 0 saturated heterocycles. The first-order valence-electron chi connectivity index (χ1n) is 11.5. The number of hydrogen-bond donors (Lipinski definition) is 3. The molecule has 8 nitrogen and oxygen atoms in total. The Morgan fingerprint density at radius 2 is 1.38 bits per heavy atom. The molecule has 1 atom stereocenters. The van der Waals surface area contributed by atoms with E-state index in [1.54, 1.807) is 42.5 Å². The Bertz CT molecular complexity index is 941. The molecule has 0 heterocycles. The van der Waals surface area contributed by atoms with Gasteiger partial charge in [0.05, 0.1) is 0 Å². The highest BCUT2D eigenvalue weighted by molar-refractivity contribution is 5.98. The standard InChI is InChI=1S/C26H31NO7/c28-21-16-14-19(15-17-21)18-22(27-25(32)20-10-6-5-7-11-20)26(33)34-24(31)13-9-4-2-1-3-8-12-23(29)30/h5-7,10-11,14-17,22,28H,1-4,8-9,12-13,18H2,(H,27,32)(H,29,30). The zero-order valence-corrected chi connectivity index (χ0v) is 19.1. The van der Waals surface area contributed by atoms with E-state index in [0.717, 1.165) is 25.7 Å². The van der Waals surface area contributed by atoms with Crippen LogP contribution in [0.4, 0.5) is 0 Å². The van der Waals surface area contributed by atoms with Crippen molar-refractivity contribution in [3.8, 4) is 5.75 Å². The van der Waals surface area contributed by atoms with E-state index in [1.165, 1.54) is 12.1 Å². The first-order chi connectivity index (χ1) is 16.3. The molecule has 0 aromatic heterocycles. The van der Waals surface area contributed by atoms with Crippen LogP contribution in [-0.2, 0) is 25.5 Å². The summed E-state index contributed by atoms with van der Waals surface area (Å²) < 4.78 is 5.01. The van der Waals surface area contributed by atoms with E-state index in [9.17, 15) is 24.3 Å². The number of aromatic hydroxyl groups is 1. The Hall–Kier alpha value is -3.68. The maximum atomic E-state index is 12.7. The van der Waals surface area contributed by atoms with Gasteiger partial charge in [-0.05, 0) is 42.7 Å². The van der Waals surface area contributed by atoms with Gasteiger partial charge >= 0.3 is 17.9 Å². The predicted octanol–water partition coefficient (Wildman–Crippen LogP) is 4.01. The third kappa shape index (κ3) is 10.3. The number of phenolic OH excluding ortho intramolecular Hbond substituents is 1. The number of rotatable bonds is 14. The first-order valence-corrected chi connectivity index (χ1v) is 11.5. The monoisotopic (exact) mass is 469 g/mol. The summed E-state index contributed by atoms with van der Waals surface area (Å²) in [6, 6.07) is 13.5. The van der Waals surface area contributed by atoms with Crippen molar-refractivity contribution in [2.75, 3.05) is 0 Å². The molecule has 0 bridgehead atoms. The summed E-state index contributed by atoms with van der Waals surface area (Å²) in [7, 11) is 0. The molecule has 2 aromatic rings. The molecule has 1 unspecified atom stereocenters. The number of amides is 1. The Morgan fingerprint density at radius 3 is 2.00 bits per heavy atom.